The molecule has 7 nitrogen and oxygen atoms in total. The largest absolute Gasteiger partial charge is 0.353 e. The number of hydrogen-bond donors (Lipinski definition) is 1. The van der Waals surface area contributed by atoms with E-state index in [4.69, 9.17) is 24.5 Å². The Labute approximate surface area is 93.2 Å². The summed E-state index contributed by atoms with van der Waals surface area (Å²) in [5, 5.41) is 3.61. The van der Waals surface area contributed by atoms with E-state index in [-0.39, 0.29) is 24.9 Å². The summed E-state index contributed by atoms with van der Waals surface area (Å²) in [4.78, 5) is 2.96. The van der Waals surface area contributed by atoms with Crippen LogP contribution in [0, 0.1) is 5.53 Å². The third-order valence-corrected chi connectivity index (χ3v) is 2.67. The Morgan fingerprint density at radius 3 is 2.69 bits per heavy atom. The fraction of sp³-hybridized carbons (Fsp3) is 1.00. The van der Waals surface area contributed by atoms with Crippen molar-refractivity contribution in [3.63, 3.8) is 0 Å². The van der Waals surface area contributed by atoms with Crippen LogP contribution in [0.3, 0.4) is 0 Å². The van der Waals surface area contributed by atoms with Crippen LogP contribution in [-0.2, 0) is 18.9 Å². The van der Waals surface area contributed by atoms with Gasteiger partial charge in [0.05, 0.1) is 0 Å². The monoisotopic (exact) mass is 230 g/mol. The molecule has 0 spiro atoms. The van der Waals surface area contributed by atoms with Crippen LogP contribution >= 0.6 is 0 Å². The average molecular weight is 230 g/mol. The van der Waals surface area contributed by atoms with Crippen molar-refractivity contribution in [2.75, 3.05) is 13.7 Å². The van der Waals surface area contributed by atoms with Crippen molar-refractivity contribution in [1.29, 1.82) is 5.53 Å². The number of methoxy groups -OCH3 is 1. The second kappa shape index (κ2) is 4.20. The lowest BCUT2D eigenvalue weighted by Gasteiger charge is -2.22. The molecule has 0 aromatic rings. The van der Waals surface area contributed by atoms with Gasteiger partial charge in [-0.05, 0) is 13.8 Å². The van der Waals surface area contributed by atoms with Gasteiger partial charge in [-0.1, -0.05) is 0 Å². The molecule has 0 aromatic carbocycles. The molecule has 2 heterocycles. The van der Waals surface area contributed by atoms with E-state index >= 15 is 0 Å². The highest BCUT2D eigenvalue weighted by Crippen LogP contribution is 2.38. The second-order valence-electron chi connectivity index (χ2n) is 4.27. The van der Waals surface area contributed by atoms with Crippen LogP contribution in [0.15, 0.2) is 5.11 Å². The van der Waals surface area contributed by atoms with Gasteiger partial charge in [0.25, 0.3) is 0 Å². The minimum atomic E-state index is -0.633. The minimum Gasteiger partial charge on any atom is -0.353 e. The predicted molar refractivity (Wildman–Crippen MR) is 51.6 cm³/mol. The standard InChI is InChI=1S/C9H16N3O4/c1-9(2)15-6-5(4-11-12-10)14-8(13-3)7(6)16-9/h5-8,10H,4H2,1-3H3/q+1. The van der Waals surface area contributed by atoms with Gasteiger partial charge in [-0.3, -0.25) is 0 Å². The molecule has 2 aliphatic rings. The summed E-state index contributed by atoms with van der Waals surface area (Å²) in [5.74, 6) is -0.633. The zero-order valence-corrected chi connectivity index (χ0v) is 9.54. The maximum absolute atomic E-state index is 6.63. The molecule has 0 saturated carbocycles. The zero-order valence-electron chi connectivity index (χ0n) is 9.54. The van der Waals surface area contributed by atoms with Crippen molar-refractivity contribution in [3.05, 3.63) is 0 Å². The van der Waals surface area contributed by atoms with Gasteiger partial charge < -0.3 is 18.9 Å². The highest BCUT2D eigenvalue weighted by atomic mass is 16.8. The molecule has 2 aliphatic heterocycles. The first-order valence-corrected chi connectivity index (χ1v) is 5.14. The van der Waals surface area contributed by atoms with Gasteiger partial charge in [0.2, 0.25) is 4.91 Å². The molecule has 4 unspecified atom stereocenters. The third-order valence-electron chi connectivity index (χ3n) is 2.67. The summed E-state index contributed by atoms with van der Waals surface area (Å²) in [7, 11) is 1.56. The van der Waals surface area contributed by atoms with E-state index in [1.165, 1.54) is 0 Å². The van der Waals surface area contributed by atoms with Crippen LogP contribution in [-0.4, -0.2) is 44.0 Å². The highest BCUT2D eigenvalue weighted by Gasteiger charge is 2.55. The van der Waals surface area contributed by atoms with Gasteiger partial charge in [0, 0.05) is 7.11 Å². The molecular weight excluding hydrogens is 214 g/mol. The fourth-order valence-corrected chi connectivity index (χ4v) is 2.10. The summed E-state index contributed by atoms with van der Waals surface area (Å²) in [6.07, 6.45) is -1.18. The van der Waals surface area contributed by atoms with Crippen LogP contribution in [0.25, 0.3) is 0 Å². The van der Waals surface area contributed by atoms with E-state index in [2.05, 4.69) is 10.0 Å². The Hall–Kier alpha value is -0.850. The molecule has 16 heavy (non-hydrogen) atoms. The number of rotatable bonds is 3. The molecule has 0 bridgehead atoms. The molecule has 2 fully saturated rings. The van der Waals surface area contributed by atoms with Crippen molar-refractivity contribution in [3.8, 4) is 0 Å². The molecule has 0 radical (unpaired) electrons. The molecule has 2 rings (SSSR count). The molecular formula is C9H16N3O4+. The van der Waals surface area contributed by atoms with Crippen molar-refractivity contribution in [2.24, 2.45) is 5.11 Å². The van der Waals surface area contributed by atoms with Crippen LogP contribution in [0.5, 0.6) is 0 Å². The Balaban J connectivity index is 2.10. The molecule has 0 amide bonds. The molecule has 7 heteroatoms. The second-order valence-corrected chi connectivity index (χ2v) is 4.27. The van der Waals surface area contributed by atoms with E-state index in [1.54, 1.807) is 7.11 Å². The van der Waals surface area contributed by atoms with Crippen LogP contribution < -0.4 is 4.91 Å². The normalized spacial score (nSPS) is 40.4. The highest BCUT2D eigenvalue weighted by molar-refractivity contribution is 4.95. The number of nitrogens with zero attached hydrogens (tertiary/aromatic N) is 2. The van der Waals surface area contributed by atoms with Crippen LogP contribution in [0.1, 0.15) is 13.8 Å². The average Bonchev–Trinajstić information content (AvgIpc) is 2.69. The zero-order chi connectivity index (χ0) is 11.8. The SMILES string of the molecule is COC1OC(CN=[N+]=N)C2OC(C)(C)OC12. The molecule has 4 atom stereocenters. The van der Waals surface area contributed by atoms with Crippen LogP contribution in [0.4, 0.5) is 0 Å². The lowest BCUT2D eigenvalue weighted by atomic mass is 10.1. The number of ether oxygens (including phenoxy) is 4. The molecule has 1 N–H and O–H groups in total. The van der Waals surface area contributed by atoms with Crippen molar-refractivity contribution in [2.45, 2.75) is 44.2 Å². The van der Waals surface area contributed by atoms with E-state index in [0.717, 1.165) is 0 Å². The van der Waals surface area contributed by atoms with Gasteiger partial charge in [0.15, 0.2) is 18.6 Å². The lowest BCUT2D eigenvalue weighted by molar-refractivity contribution is -0.225. The maximum Gasteiger partial charge on any atom is 0.214 e. The lowest BCUT2D eigenvalue weighted by Crippen LogP contribution is -2.31. The third kappa shape index (κ3) is 2.00. The maximum atomic E-state index is 6.63. The quantitative estimate of drug-likeness (QED) is 0.562. The molecule has 90 valence electrons. The Morgan fingerprint density at radius 2 is 2.06 bits per heavy atom. The fourth-order valence-electron chi connectivity index (χ4n) is 2.10. The van der Waals surface area contributed by atoms with Gasteiger partial charge in [0.1, 0.15) is 29.0 Å². The number of fused-ring (bicyclic) bond motifs is 1. The van der Waals surface area contributed by atoms with E-state index in [9.17, 15) is 0 Å². The first kappa shape index (κ1) is 11.6. The van der Waals surface area contributed by atoms with E-state index in [0.29, 0.717) is 0 Å². The van der Waals surface area contributed by atoms with Crippen molar-refractivity contribution >= 4 is 0 Å². The van der Waals surface area contributed by atoms with E-state index in [1.807, 2.05) is 13.8 Å². The molecule has 0 aliphatic carbocycles. The number of nitrogens with one attached hydrogen (secondary N) is 1. The Morgan fingerprint density at radius 1 is 1.38 bits per heavy atom. The molecule has 0 aromatic heterocycles. The Kier molecular flexibility index (Phi) is 3.05. The first-order valence-electron chi connectivity index (χ1n) is 5.14. The first-order chi connectivity index (χ1) is 7.57. The topological polar surface area (TPSA) is 87.2 Å². The van der Waals surface area contributed by atoms with Gasteiger partial charge in [-0.15, -0.1) is 0 Å². The summed E-state index contributed by atoms with van der Waals surface area (Å²) in [6, 6.07) is 0. The van der Waals surface area contributed by atoms with Gasteiger partial charge in [-0.2, -0.15) is 0 Å². The van der Waals surface area contributed by atoms with Gasteiger partial charge >= 0.3 is 0 Å². The summed E-state index contributed by atoms with van der Waals surface area (Å²) >= 11 is 0. The minimum absolute atomic E-state index is 0.217. The number of hydrogen-bond acceptors (Lipinski definition) is 6. The summed E-state index contributed by atoms with van der Waals surface area (Å²) < 4.78 is 22.2. The Bertz CT molecular complexity index is 316. The smallest absolute Gasteiger partial charge is 0.214 e. The van der Waals surface area contributed by atoms with Crippen LogP contribution in [0.2, 0.25) is 0 Å². The summed E-state index contributed by atoms with van der Waals surface area (Å²) in [6.45, 7) is 3.98. The van der Waals surface area contributed by atoms with Crippen molar-refractivity contribution in [1.82, 2.24) is 4.91 Å². The summed E-state index contributed by atoms with van der Waals surface area (Å²) in [5.41, 5.74) is 6.63. The van der Waals surface area contributed by atoms with Gasteiger partial charge in [-0.25, -0.2) is 0 Å². The molecule has 2 saturated heterocycles. The van der Waals surface area contributed by atoms with Crippen molar-refractivity contribution < 1.29 is 18.9 Å². The van der Waals surface area contributed by atoms with E-state index < -0.39 is 12.1 Å². The predicted octanol–water partition coefficient (Wildman–Crippen LogP) is 0.428.